The van der Waals surface area contributed by atoms with Crippen molar-refractivity contribution in [2.75, 3.05) is 0 Å². The van der Waals surface area contributed by atoms with E-state index in [1.54, 1.807) is 12.3 Å². The maximum Gasteiger partial charge on any atom is 0.138 e. The molecule has 0 N–H and O–H groups in total. The van der Waals surface area contributed by atoms with Crippen LogP contribution in [0.15, 0.2) is 120 Å². The highest BCUT2D eigenvalue weighted by molar-refractivity contribution is 9.13. The van der Waals surface area contributed by atoms with Crippen molar-refractivity contribution in [3.8, 4) is 0 Å². The Balaban J connectivity index is 0.000000134. The van der Waals surface area contributed by atoms with Gasteiger partial charge in [-0.05, 0) is 202 Å². The highest BCUT2D eigenvalue weighted by Crippen LogP contribution is 2.30. The van der Waals surface area contributed by atoms with E-state index in [2.05, 4.69) is 118 Å². The van der Waals surface area contributed by atoms with Gasteiger partial charge in [0.05, 0.1) is 14.5 Å². The van der Waals surface area contributed by atoms with Crippen molar-refractivity contribution in [3.05, 3.63) is 159 Å². The maximum absolute atomic E-state index is 13.1. The third-order valence-electron chi connectivity index (χ3n) is 7.59. The fraction of sp³-hybridized carbons (Fsp3) is 0.100. The van der Waals surface area contributed by atoms with Crippen LogP contribution in [0.1, 0.15) is 22.8 Å². The lowest BCUT2D eigenvalue weighted by Gasteiger charge is -2.01. The molecule has 52 heavy (non-hydrogen) atoms. The Kier molecular flexibility index (Phi) is 14.2. The Bertz CT molecular complexity index is 2230. The third kappa shape index (κ3) is 10.8. The average Bonchev–Trinajstić information content (AvgIpc) is 3.08. The number of halogens is 8. The molecule has 8 rings (SSSR count). The van der Waals surface area contributed by atoms with Crippen LogP contribution in [0.5, 0.6) is 0 Å². The molecular formula is C40H28Br5Cl2FN4. The van der Waals surface area contributed by atoms with Crippen molar-refractivity contribution >= 4 is 146 Å². The van der Waals surface area contributed by atoms with E-state index in [0.29, 0.717) is 4.47 Å². The van der Waals surface area contributed by atoms with Gasteiger partial charge >= 0.3 is 0 Å². The lowest BCUT2D eigenvalue weighted by atomic mass is 10.1. The van der Waals surface area contributed by atoms with E-state index in [4.69, 9.17) is 23.2 Å². The van der Waals surface area contributed by atoms with Crippen LogP contribution in [0.25, 0.3) is 43.1 Å². The molecule has 0 aliphatic carbocycles. The molecule has 0 radical (unpaired) electrons. The van der Waals surface area contributed by atoms with Gasteiger partial charge in [0.25, 0.3) is 0 Å². The Labute approximate surface area is 353 Å². The smallest absolute Gasteiger partial charge is 0.138 e. The maximum atomic E-state index is 13.1. The number of pyridine rings is 4. The number of nitrogens with zero attached hydrogens (tertiary/aromatic N) is 4. The van der Waals surface area contributed by atoms with Crippen LogP contribution in [0, 0.1) is 33.5 Å². The second-order valence-electron chi connectivity index (χ2n) is 11.8. The predicted molar refractivity (Wildman–Crippen MR) is 234 cm³/mol. The van der Waals surface area contributed by atoms with E-state index in [-0.39, 0.29) is 5.82 Å². The topological polar surface area (TPSA) is 51.6 Å². The Hall–Kier alpha value is -2.57. The van der Waals surface area contributed by atoms with Gasteiger partial charge in [-0.1, -0.05) is 23.2 Å². The second kappa shape index (κ2) is 18.2. The Morgan fingerprint density at radius 1 is 0.365 bits per heavy atom. The number of hydrogen-bond acceptors (Lipinski definition) is 4. The molecule has 8 aromatic rings. The molecule has 0 fully saturated rings. The molecule has 0 unspecified atom stereocenters. The molecule has 264 valence electrons. The summed E-state index contributed by atoms with van der Waals surface area (Å²) in [6.45, 7) is 7.85. The monoisotopic (exact) mass is 1050 g/mol. The van der Waals surface area contributed by atoms with Gasteiger partial charge in [-0.2, -0.15) is 0 Å². The highest BCUT2D eigenvalue weighted by Gasteiger charge is 2.04. The van der Waals surface area contributed by atoms with Crippen molar-refractivity contribution in [2.24, 2.45) is 0 Å². The Morgan fingerprint density at radius 2 is 0.635 bits per heavy atom. The number of hydrogen-bond donors (Lipinski definition) is 0. The van der Waals surface area contributed by atoms with E-state index in [0.717, 1.165) is 88.4 Å². The first-order chi connectivity index (χ1) is 24.7. The molecule has 0 aliphatic heterocycles. The largest absolute Gasteiger partial charge is 0.261 e. The summed E-state index contributed by atoms with van der Waals surface area (Å²) in [5, 5.41) is 10.1. The Morgan fingerprint density at radius 3 is 1.06 bits per heavy atom. The zero-order valence-corrected chi connectivity index (χ0v) is 37.5. The molecule has 4 nitrogen and oxygen atoms in total. The number of aryl methyl sites for hydroxylation is 4. The fourth-order valence-electron chi connectivity index (χ4n) is 4.99. The zero-order valence-electron chi connectivity index (χ0n) is 28.1. The first-order valence-corrected chi connectivity index (χ1v) is 20.2. The average molecular weight is 1050 g/mol. The van der Waals surface area contributed by atoms with Crippen molar-refractivity contribution < 1.29 is 4.39 Å². The summed E-state index contributed by atoms with van der Waals surface area (Å²) in [4.78, 5) is 16.8. The first kappa shape index (κ1) is 40.6. The minimum absolute atomic E-state index is 0.252. The van der Waals surface area contributed by atoms with Crippen molar-refractivity contribution in [1.29, 1.82) is 0 Å². The van der Waals surface area contributed by atoms with Crippen LogP contribution >= 0.6 is 103 Å². The van der Waals surface area contributed by atoms with Gasteiger partial charge in [0.2, 0.25) is 0 Å². The van der Waals surface area contributed by atoms with E-state index in [9.17, 15) is 4.39 Å². The van der Waals surface area contributed by atoms with Crippen molar-refractivity contribution in [1.82, 2.24) is 19.9 Å². The molecule has 4 aromatic carbocycles. The summed E-state index contributed by atoms with van der Waals surface area (Å²) in [5.74, 6) is -0.252. The second-order valence-corrected chi connectivity index (χ2v) is 16.8. The quantitative estimate of drug-likeness (QED) is 0.152. The summed E-state index contributed by atoms with van der Waals surface area (Å²) >= 11 is 28.8. The zero-order chi connectivity index (χ0) is 37.7. The molecule has 4 aromatic heterocycles. The first-order valence-electron chi connectivity index (χ1n) is 15.5. The van der Waals surface area contributed by atoms with Crippen LogP contribution in [0.4, 0.5) is 4.39 Å². The molecular weight excluding hydrogens is 1030 g/mol. The lowest BCUT2D eigenvalue weighted by molar-refractivity contribution is 0.623. The molecule has 0 saturated heterocycles. The summed E-state index contributed by atoms with van der Waals surface area (Å²) in [5.41, 5.74) is 4.00. The molecule has 12 heteroatoms. The fourth-order valence-corrected chi connectivity index (χ4v) is 7.14. The molecule has 0 saturated carbocycles. The van der Waals surface area contributed by atoms with Crippen LogP contribution in [-0.2, 0) is 0 Å². The number of aromatic nitrogens is 4. The highest BCUT2D eigenvalue weighted by atomic mass is 79.9. The molecule has 0 aliphatic rings. The van der Waals surface area contributed by atoms with Gasteiger partial charge in [-0.15, -0.1) is 0 Å². The van der Waals surface area contributed by atoms with E-state index in [1.807, 2.05) is 88.8 Å². The number of benzene rings is 4. The molecule has 0 bridgehead atoms. The van der Waals surface area contributed by atoms with Gasteiger partial charge in [-0.3, -0.25) is 19.9 Å². The van der Waals surface area contributed by atoms with Crippen molar-refractivity contribution in [2.45, 2.75) is 27.7 Å². The molecule has 0 spiro atoms. The standard InChI is InChI=1S/C10H7Br2N.2C10H7BrClN.C10H7BrFN/c1-6-2-7-3-9(11)10(12)4-8(7)5-13-6;1-6-2-7-4-10(12)9(11)3-8(7)5-13-6;2*1-6-2-7-3-9(11)10(12)4-8(7)5-13-6/h4*2-5H,1H3. The molecule has 4 heterocycles. The van der Waals surface area contributed by atoms with Crippen LogP contribution in [0.2, 0.25) is 10.0 Å². The molecule has 0 amide bonds. The van der Waals surface area contributed by atoms with Crippen LogP contribution < -0.4 is 0 Å². The van der Waals surface area contributed by atoms with Crippen molar-refractivity contribution in [3.63, 3.8) is 0 Å². The summed E-state index contributed by atoms with van der Waals surface area (Å²) in [6, 6.07) is 23.3. The lowest BCUT2D eigenvalue weighted by Crippen LogP contribution is -1.83. The summed E-state index contributed by atoms with van der Waals surface area (Å²) in [7, 11) is 0. The van der Waals surface area contributed by atoms with E-state index < -0.39 is 0 Å². The summed E-state index contributed by atoms with van der Waals surface area (Å²) in [6.07, 6.45) is 7.26. The predicted octanol–water partition coefficient (Wildman–Crippen LogP) is 15.4. The van der Waals surface area contributed by atoms with Crippen LogP contribution in [0.3, 0.4) is 0 Å². The van der Waals surface area contributed by atoms with Gasteiger partial charge in [0.1, 0.15) is 5.82 Å². The third-order valence-corrected chi connectivity index (χ3v) is 12.4. The van der Waals surface area contributed by atoms with Gasteiger partial charge in [0, 0.05) is 87.0 Å². The van der Waals surface area contributed by atoms with Gasteiger partial charge in [-0.25, -0.2) is 4.39 Å². The van der Waals surface area contributed by atoms with Crippen LogP contribution in [-0.4, -0.2) is 19.9 Å². The minimum atomic E-state index is -0.252. The van der Waals surface area contributed by atoms with E-state index >= 15 is 0 Å². The number of fused-ring (bicyclic) bond motifs is 4. The summed E-state index contributed by atoms with van der Waals surface area (Å²) < 4.78 is 17.5. The van der Waals surface area contributed by atoms with Gasteiger partial charge < -0.3 is 0 Å². The normalized spacial score (nSPS) is 10.7. The van der Waals surface area contributed by atoms with Gasteiger partial charge in [0.15, 0.2) is 0 Å². The molecule has 0 atom stereocenters. The SMILES string of the molecule is Cc1cc2cc(Br)c(Br)cc2cn1.Cc1cc2cc(Br)c(Cl)cc2cn1.Cc1cc2cc(Br)c(F)cc2cn1.Cc1cc2cc(Cl)c(Br)cc2cn1. The minimum Gasteiger partial charge on any atom is -0.261 e. The van der Waals surface area contributed by atoms with E-state index in [1.165, 1.54) is 11.5 Å². The number of rotatable bonds is 0.